The van der Waals surface area contributed by atoms with Crippen LogP contribution >= 0.6 is 0 Å². The topological polar surface area (TPSA) is 38.5 Å². The molecular formula is C18H22N2O. The van der Waals surface area contributed by atoms with Crippen molar-refractivity contribution in [3.63, 3.8) is 0 Å². The first-order valence-electron chi connectivity index (χ1n) is 7.54. The van der Waals surface area contributed by atoms with E-state index in [-0.39, 0.29) is 6.04 Å². The molecule has 3 nitrogen and oxygen atoms in total. The van der Waals surface area contributed by atoms with Gasteiger partial charge in [-0.2, -0.15) is 0 Å². The van der Waals surface area contributed by atoms with Crippen LogP contribution in [0.3, 0.4) is 0 Å². The molecule has 1 aliphatic rings. The van der Waals surface area contributed by atoms with Crippen molar-refractivity contribution in [3.05, 3.63) is 65.7 Å². The second-order valence-electron chi connectivity index (χ2n) is 5.64. The first kappa shape index (κ1) is 14.1. The van der Waals surface area contributed by atoms with Crippen LogP contribution in [0.4, 0.5) is 0 Å². The Morgan fingerprint density at radius 2 is 1.81 bits per heavy atom. The van der Waals surface area contributed by atoms with Gasteiger partial charge in [-0.25, -0.2) is 0 Å². The maximum absolute atomic E-state index is 6.33. The monoisotopic (exact) mass is 282 g/mol. The molecule has 1 unspecified atom stereocenters. The van der Waals surface area contributed by atoms with E-state index in [1.807, 2.05) is 18.2 Å². The van der Waals surface area contributed by atoms with E-state index < -0.39 is 0 Å². The number of nitrogens with zero attached hydrogens (tertiary/aromatic N) is 1. The fourth-order valence-corrected chi connectivity index (χ4v) is 2.85. The van der Waals surface area contributed by atoms with Crippen LogP contribution in [-0.4, -0.2) is 30.6 Å². The lowest BCUT2D eigenvalue weighted by atomic mass is 10.1. The molecule has 0 saturated carbocycles. The number of para-hydroxylation sites is 1. The molecule has 2 aromatic rings. The van der Waals surface area contributed by atoms with Gasteiger partial charge in [-0.1, -0.05) is 48.5 Å². The molecule has 0 saturated heterocycles. The van der Waals surface area contributed by atoms with Crippen molar-refractivity contribution in [1.82, 2.24) is 4.90 Å². The molecule has 1 heterocycles. The Morgan fingerprint density at radius 1 is 1.05 bits per heavy atom. The second-order valence-corrected chi connectivity index (χ2v) is 5.64. The number of fused-ring (bicyclic) bond motifs is 1. The average molecular weight is 282 g/mol. The van der Waals surface area contributed by atoms with Gasteiger partial charge in [0.15, 0.2) is 0 Å². The minimum atomic E-state index is 0.151. The highest BCUT2D eigenvalue weighted by Gasteiger charge is 2.17. The largest absolute Gasteiger partial charge is 0.492 e. The highest BCUT2D eigenvalue weighted by atomic mass is 16.5. The molecule has 0 bridgehead atoms. The van der Waals surface area contributed by atoms with E-state index in [2.05, 4.69) is 41.3 Å². The van der Waals surface area contributed by atoms with Crippen LogP contribution in [-0.2, 0) is 13.0 Å². The fraction of sp³-hybridized carbons (Fsp3) is 0.333. The lowest BCUT2D eigenvalue weighted by Gasteiger charge is -2.23. The molecule has 0 amide bonds. The zero-order valence-electron chi connectivity index (χ0n) is 12.2. The standard InChI is InChI=1S/C18H22N2O/c19-17(12-15-6-2-1-3-7-15)14-20-10-11-21-18-9-5-4-8-16(18)13-20/h1-9,17H,10-14,19H2. The Morgan fingerprint density at radius 3 is 2.67 bits per heavy atom. The number of hydrogen-bond acceptors (Lipinski definition) is 3. The Hall–Kier alpha value is -1.84. The number of hydrogen-bond donors (Lipinski definition) is 1. The van der Waals surface area contributed by atoms with Crippen LogP contribution in [0.5, 0.6) is 5.75 Å². The minimum absolute atomic E-state index is 0.151. The molecule has 3 rings (SSSR count). The van der Waals surface area contributed by atoms with E-state index in [4.69, 9.17) is 10.5 Å². The van der Waals surface area contributed by atoms with Gasteiger partial charge < -0.3 is 10.5 Å². The summed E-state index contributed by atoms with van der Waals surface area (Å²) in [5.74, 6) is 1.01. The first-order chi connectivity index (χ1) is 10.3. The quantitative estimate of drug-likeness (QED) is 0.936. The van der Waals surface area contributed by atoms with Gasteiger partial charge in [0.05, 0.1) is 0 Å². The number of rotatable bonds is 4. The molecule has 1 aliphatic heterocycles. The number of ether oxygens (including phenoxy) is 1. The molecule has 21 heavy (non-hydrogen) atoms. The summed E-state index contributed by atoms with van der Waals surface area (Å²) in [4.78, 5) is 2.39. The molecule has 2 N–H and O–H groups in total. The van der Waals surface area contributed by atoms with Crippen molar-refractivity contribution >= 4 is 0 Å². The van der Waals surface area contributed by atoms with Crippen LogP contribution in [0.1, 0.15) is 11.1 Å². The van der Waals surface area contributed by atoms with Crippen molar-refractivity contribution in [2.45, 2.75) is 19.0 Å². The summed E-state index contributed by atoms with van der Waals surface area (Å²) < 4.78 is 5.80. The van der Waals surface area contributed by atoms with Gasteiger partial charge >= 0.3 is 0 Å². The predicted molar refractivity (Wildman–Crippen MR) is 85.3 cm³/mol. The van der Waals surface area contributed by atoms with E-state index >= 15 is 0 Å². The van der Waals surface area contributed by atoms with Crippen LogP contribution < -0.4 is 10.5 Å². The summed E-state index contributed by atoms with van der Waals surface area (Å²) in [6.45, 7) is 3.47. The maximum atomic E-state index is 6.33. The van der Waals surface area contributed by atoms with Crippen molar-refractivity contribution < 1.29 is 4.74 Å². The van der Waals surface area contributed by atoms with E-state index in [9.17, 15) is 0 Å². The molecule has 0 fully saturated rings. The third kappa shape index (κ3) is 3.84. The molecule has 1 atom stereocenters. The lowest BCUT2D eigenvalue weighted by molar-refractivity contribution is 0.215. The van der Waals surface area contributed by atoms with Gasteiger partial charge in [-0.15, -0.1) is 0 Å². The first-order valence-corrected chi connectivity index (χ1v) is 7.54. The molecule has 2 aromatic carbocycles. The van der Waals surface area contributed by atoms with E-state index in [0.29, 0.717) is 0 Å². The molecule has 0 spiro atoms. The summed E-state index contributed by atoms with van der Waals surface area (Å²) in [7, 11) is 0. The molecular weight excluding hydrogens is 260 g/mol. The summed E-state index contributed by atoms with van der Waals surface area (Å²) in [5.41, 5.74) is 8.88. The zero-order valence-corrected chi connectivity index (χ0v) is 12.2. The molecule has 3 heteroatoms. The van der Waals surface area contributed by atoms with Crippen molar-refractivity contribution in [1.29, 1.82) is 0 Å². The van der Waals surface area contributed by atoms with Gasteiger partial charge in [0.1, 0.15) is 12.4 Å². The fourth-order valence-electron chi connectivity index (χ4n) is 2.85. The van der Waals surface area contributed by atoms with Gasteiger partial charge in [0, 0.05) is 31.2 Å². The Balaban J connectivity index is 1.60. The van der Waals surface area contributed by atoms with Crippen molar-refractivity contribution in [3.8, 4) is 5.75 Å². The molecule has 0 aliphatic carbocycles. The van der Waals surface area contributed by atoms with Gasteiger partial charge in [-0.05, 0) is 18.1 Å². The number of benzene rings is 2. The third-order valence-corrected chi connectivity index (χ3v) is 3.87. The summed E-state index contributed by atoms with van der Waals surface area (Å²) in [5, 5.41) is 0. The Labute approximate surface area is 126 Å². The van der Waals surface area contributed by atoms with Gasteiger partial charge in [-0.3, -0.25) is 4.90 Å². The smallest absolute Gasteiger partial charge is 0.123 e. The van der Waals surface area contributed by atoms with E-state index in [0.717, 1.165) is 38.4 Å². The van der Waals surface area contributed by atoms with Crippen molar-refractivity contribution in [2.24, 2.45) is 5.73 Å². The van der Waals surface area contributed by atoms with Crippen LogP contribution in [0.15, 0.2) is 54.6 Å². The second kappa shape index (κ2) is 6.74. The molecule has 110 valence electrons. The summed E-state index contributed by atoms with van der Waals surface area (Å²) in [6, 6.07) is 18.9. The predicted octanol–water partition coefficient (Wildman–Crippen LogP) is 2.45. The normalized spacial score (nSPS) is 16.6. The Bertz CT molecular complexity index is 570. The van der Waals surface area contributed by atoms with E-state index in [1.165, 1.54) is 11.1 Å². The van der Waals surface area contributed by atoms with Gasteiger partial charge in [0.25, 0.3) is 0 Å². The van der Waals surface area contributed by atoms with Crippen LogP contribution in [0.25, 0.3) is 0 Å². The third-order valence-electron chi connectivity index (χ3n) is 3.87. The van der Waals surface area contributed by atoms with Gasteiger partial charge in [0.2, 0.25) is 0 Å². The van der Waals surface area contributed by atoms with Crippen molar-refractivity contribution in [2.75, 3.05) is 19.7 Å². The highest BCUT2D eigenvalue weighted by molar-refractivity contribution is 5.33. The lowest BCUT2D eigenvalue weighted by Crippen LogP contribution is -2.39. The SMILES string of the molecule is NC(Cc1ccccc1)CN1CCOc2ccccc2C1. The summed E-state index contributed by atoms with van der Waals surface area (Å²) in [6.07, 6.45) is 0.917. The minimum Gasteiger partial charge on any atom is -0.492 e. The Kier molecular flexibility index (Phi) is 4.53. The maximum Gasteiger partial charge on any atom is 0.123 e. The molecule has 0 aromatic heterocycles. The van der Waals surface area contributed by atoms with Crippen LogP contribution in [0.2, 0.25) is 0 Å². The zero-order chi connectivity index (χ0) is 14.5. The van der Waals surface area contributed by atoms with E-state index in [1.54, 1.807) is 0 Å². The van der Waals surface area contributed by atoms with Crippen LogP contribution in [0, 0.1) is 0 Å². The molecule has 0 radical (unpaired) electrons. The number of nitrogens with two attached hydrogens (primary N) is 1. The average Bonchev–Trinajstić information content (AvgIpc) is 2.69. The highest BCUT2D eigenvalue weighted by Crippen LogP contribution is 2.22. The summed E-state index contributed by atoms with van der Waals surface area (Å²) >= 11 is 0.